The van der Waals surface area contributed by atoms with Crippen molar-refractivity contribution in [3.8, 4) is 0 Å². The van der Waals surface area contributed by atoms with Crippen LogP contribution < -0.4 is 10.2 Å². The summed E-state index contributed by atoms with van der Waals surface area (Å²) in [5.41, 5.74) is 5.88. The molecule has 0 bridgehead atoms. The number of carbonyl (C=O) groups excluding carboxylic acids is 1. The molecule has 1 aromatic carbocycles. The Balaban J connectivity index is 1.70. The van der Waals surface area contributed by atoms with Crippen LogP contribution in [0, 0.1) is 27.7 Å². The van der Waals surface area contributed by atoms with E-state index in [0.717, 1.165) is 43.1 Å². The number of aromatic nitrogens is 2. The largest absolute Gasteiger partial charge is 0.355 e. The number of anilines is 1. The molecule has 1 atom stereocenters. The van der Waals surface area contributed by atoms with Crippen molar-refractivity contribution in [3.05, 3.63) is 52.0 Å². The Kier molecular flexibility index (Phi) is 5.98. The minimum atomic E-state index is -0.159. The Morgan fingerprint density at radius 3 is 2.64 bits per heavy atom. The van der Waals surface area contributed by atoms with Crippen LogP contribution in [0.5, 0.6) is 0 Å². The molecule has 0 spiro atoms. The molecule has 1 fully saturated rings. The fourth-order valence-corrected chi connectivity index (χ4v) is 3.63. The van der Waals surface area contributed by atoms with Gasteiger partial charge in [0.2, 0.25) is 5.82 Å². The van der Waals surface area contributed by atoms with Crippen LogP contribution in [-0.4, -0.2) is 54.0 Å². The first kappa shape index (κ1) is 20.3. The van der Waals surface area contributed by atoms with E-state index in [4.69, 9.17) is 0 Å². The molecule has 1 aromatic heterocycles. The van der Waals surface area contributed by atoms with Gasteiger partial charge in [0.25, 0.3) is 5.91 Å². The third kappa shape index (κ3) is 4.33. The quantitative estimate of drug-likeness (QED) is 0.863. The summed E-state index contributed by atoms with van der Waals surface area (Å²) < 4.78 is 0. The highest BCUT2D eigenvalue weighted by atomic mass is 16.2. The Bertz CT molecular complexity index is 877. The minimum absolute atomic E-state index is 0.159. The molecule has 2 aromatic rings. The molecule has 0 saturated carbocycles. The van der Waals surface area contributed by atoms with E-state index < -0.39 is 0 Å². The lowest BCUT2D eigenvalue weighted by molar-refractivity contribution is 0.0815. The highest BCUT2D eigenvalue weighted by Crippen LogP contribution is 2.24. The summed E-state index contributed by atoms with van der Waals surface area (Å²) in [5.74, 6) is 0.997. The van der Waals surface area contributed by atoms with Crippen LogP contribution in [0.1, 0.15) is 45.0 Å². The van der Waals surface area contributed by atoms with Gasteiger partial charge in [-0.15, -0.1) is 0 Å². The van der Waals surface area contributed by atoms with Crippen LogP contribution in [0.2, 0.25) is 0 Å². The summed E-state index contributed by atoms with van der Waals surface area (Å²) >= 11 is 0. The smallest absolute Gasteiger partial charge is 0.291 e. The van der Waals surface area contributed by atoms with Crippen LogP contribution >= 0.6 is 0 Å². The molecular formula is C22H31N5O. The summed E-state index contributed by atoms with van der Waals surface area (Å²) in [6, 6.07) is 7.01. The number of benzene rings is 1. The van der Waals surface area contributed by atoms with Crippen molar-refractivity contribution < 1.29 is 4.79 Å². The zero-order valence-corrected chi connectivity index (χ0v) is 17.8. The molecule has 0 unspecified atom stereocenters. The van der Waals surface area contributed by atoms with E-state index in [1.54, 1.807) is 14.1 Å². The molecule has 0 radical (unpaired) electrons. The van der Waals surface area contributed by atoms with Crippen molar-refractivity contribution in [3.63, 3.8) is 0 Å². The predicted octanol–water partition coefficient (Wildman–Crippen LogP) is 2.78. The first-order valence-electron chi connectivity index (χ1n) is 9.87. The second kappa shape index (κ2) is 8.27. The van der Waals surface area contributed by atoms with E-state index in [1.165, 1.54) is 21.6 Å². The molecule has 1 saturated heterocycles. The summed E-state index contributed by atoms with van der Waals surface area (Å²) in [6.45, 7) is 11.0. The lowest BCUT2D eigenvalue weighted by atomic mass is 10.1. The monoisotopic (exact) mass is 381 g/mol. The van der Waals surface area contributed by atoms with Gasteiger partial charge in [0.15, 0.2) is 0 Å². The topological polar surface area (TPSA) is 61.4 Å². The van der Waals surface area contributed by atoms with Crippen molar-refractivity contribution in [1.29, 1.82) is 0 Å². The lowest BCUT2D eigenvalue weighted by Crippen LogP contribution is -2.33. The van der Waals surface area contributed by atoms with Crippen molar-refractivity contribution in [2.75, 3.05) is 32.1 Å². The molecule has 1 aliphatic rings. The molecular weight excluding hydrogens is 350 g/mol. The number of aryl methyl sites for hydroxylation is 3. The first-order chi connectivity index (χ1) is 13.3. The van der Waals surface area contributed by atoms with Gasteiger partial charge in [-0.3, -0.25) is 4.79 Å². The highest BCUT2D eigenvalue weighted by molar-refractivity contribution is 5.90. The van der Waals surface area contributed by atoms with Gasteiger partial charge >= 0.3 is 0 Å². The predicted molar refractivity (Wildman–Crippen MR) is 113 cm³/mol. The van der Waals surface area contributed by atoms with E-state index in [-0.39, 0.29) is 11.7 Å². The number of hydrogen-bond acceptors (Lipinski definition) is 5. The number of nitrogens with zero attached hydrogens (tertiary/aromatic N) is 4. The molecule has 1 N–H and O–H groups in total. The summed E-state index contributed by atoms with van der Waals surface area (Å²) in [5, 5.41) is 3.69. The lowest BCUT2D eigenvalue weighted by Gasteiger charge is -2.22. The van der Waals surface area contributed by atoms with Crippen LogP contribution in [0.15, 0.2) is 18.2 Å². The van der Waals surface area contributed by atoms with Gasteiger partial charge in [-0.25, -0.2) is 9.97 Å². The average Bonchev–Trinajstić information content (AvgIpc) is 3.11. The second-order valence-corrected chi connectivity index (χ2v) is 8.02. The molecule has 28 heavy (non-hydrogen) atoms. The van der Waals surface area contributed by atoms with Crippen LogP contribution in [0.4, 0.5) is 5.82 Å². The summed E-state index contributed by atoms with van der Waals surface area (Å²) in [6.07, 6.45) is 1.06. The van der Waals surface area contributed by atoms with E-state index in [9.17, 15) is 4.79 Å². The fourth-order valence-electron chi connectivity index (χ4n) is 3.63. The van der Waals surface area contributed by atoms with Crippen molar-refractivity contribution in [1.82, 2.24) is 20.2 Å². The van der Waals surface area contributed by atoms with Gasteiger partial charge in [-0.05, 0) is 45.2 Å². The van der Waals surface area contributed by atoms with Crippen LogP contribution in [0.3, 0.4) is 0 Å². The van der Waals surface area contributed by atoms with E-state index in [2.05, 4.69) is 52.2 Å². The van der Waals surface area contributed by atoms with E-state index in [1.807, 2.05) is 13.8 Å². The SMILES string of the molecule is Cc1ccc(CN[C@@H]2CCN(c3nc(C(=O)N(C)C)nc(C)c3C)C2)c(C)c1. The zero-order chi connectivity index (χ0) is 20.4. The van der Waals surface area contributed by atoms with Gasteiger partial charge in [0.05, 0.1) is 0 Å². The third-order valence-corrected chi connectivity index (χ3v) is 5.53. The molecule has 0 aliphatic carbocycles. The Labute approximate surface area is 168 Å². The molecule has 1 amide bonds. The van der Waals surface area contributed by atoms with Crippen molar-refractivity contribution in [2.24, 2.45) is 0 Å². The molecule has 6 nitrogen and oxygen atoms in total. The number of carbonyl (C=O) groups is 1. The number of nitrogens with one attached hydrogen (secondary N) is 1. The second-order valence-electron chi connectivity index (χ2n) is 8.02. The summed E-state index contributed by atoms with van der Waals surface area (Å²) in [4.78, 5) is 25.1. The first-order valence-corrected chi connectivity index (χ1v) is 9.87. The van der Waals surface area contributed by atoms with E-state index >= 15 is 0 Å². The normalized spacial score (nSPS) is 16.5. The fraction of sp³-hybridized carbons (Fsp3) is 0.500. The summed E-state index contributed by atoms with van der Waals surface area (Å²) in [7, 11) is 3.45. The zero-order valence-electron chi connectivity index (χ0n) is 17.8. The molecule has 150 valence electrons. The average molecular weight is 382 g/mol. The Morgan fingerprint density at radius 2 is 1.96 bits per heavy atom. The standard InChI is InChI=1S/C22H31N5O/c1-14-7-8-18(15(2)11-14)12-23-19-9-10-27(13-19)21-16(3)17(4)24-20(25-21)22(28)26(5)6/h7-8,11,19,23H,9-10,12-13H2,1-6H3/t19-/m1/s1. The minimum Gasteiger partial charge on any atom is -0.355 e. The maximum Gasteiger partial charge on any atom is 0.291 e. The highest BCUT2D eigenvalue weighted by Gasteiger charge is 2.26. The van der Waals surface area contributed by atoms with Gasteiger partial charge in [-0.1, -0.05) is 23.8 Å². The molecule has 6 heteroatoms. The molecule has 2 heterocycles. The van der Waals surface area contributed by atoms with Crippen LogP contribution in [-0.2, 0) is 6.54 Å². The third-order valence-electron chi connectivity index (χ3n) is 5.53. The van der Waals surface area contributed by atoms with Gasteiger partial charge < -0.3 is 15.1 Å². The Morgan fingerprint density at radius 1 is 1.21 bits per heavy atom. The molecule has 1 aliphatic heterocycles. The number of amides is 1. The van der Waals surface area contributed by atoms with Gasteiger partial charge in [0, 0.05) is 51.0 Å². The number of hydrogen-bond donors (Lipinski definition) is 1. The van der Waals surface area contributed by atoms with Crippen molar-refractivity contribution >= 4 is 11.7 Å². The Hall–Kier alpha value is -2.47. The van der Waals surface area contributed by atoms with E-state index in [0.29, 0.717) is 6.04 Å². The maximum atomic E-state index is 12.3. The number of rotatable bonds is 5. The van der Waals surface area contributed by atoms with Gasteiger partial charge in [-0.2, -0.15) is 0 Å². The molecule has 3 rings (SSSR count). The van der Waals surface area contributed by atoms with Crippen LogP contribution in [0.25, 0.3) is 0 Å². The van der Waals surface area contributed by atoms with Crippen molar-refractivity contribution in [2.45, 2.75) is 46.7 Å². The maximum absolute atomic E-state index is 12.3. The van der Waals surface area contributed by atoms with Gasteiger partial charge in [0.1, 0.15) is 5.82 Å².